The fourth-order valence-corrected chi connectivity index (χ4v) is 2.89. The zero-order valence-electron chi connectivity index (χ0n) is 15.8. The summed E-state index contributed by atoms with van der Waals surface area (Å²) in [5.74, 6) is -0.461. The number of hydrogen-bond acceptors (Lipinski definition) is 4. The molecule has 0 spiro atoms. The summed E-state index contributed by atoms with van der Waals surface area (Å²) < 4.78 is 5.09. The highest BCUT2D eigenvalue weighted by Gasteiger charge is 2.35. The predicted molar refractivity (Wildman–Crippen MR) is 97.0 cm³/mol. The van der Waals surface area contributed by atoms with Crippen molar-refractivity contribution >= 4 is 17.9 Å². The van der Waals surface area contributed by atoms with Crippen LogP contribution in [0.1, 0.15) is 72.1 Å². The van der Waals surface area contributed by atoms with E-state index in [1.165, 1.54) is 0 Å². The van der Waals surface area contributed by atoms with Crippen molar-refractivity contribution in [2.24, 2.45) is 0 Å². The minimum absolute atomic E-state index is 0.00874. The number of imide groups is 1. The number of amides is 3. The van der Waals surface area contributed by atoms with Crippen molar-refractivity contribution in [3.63, 3.8) is 0 Å². The Morgan fingerprint density at radius 2 is 1.88 bits per heavy atom. The van der Waals surface area contributed by atoms with E-state index in [0.29, 0.717) is 19.4 Å². The van der Waals surface area contributed by atoms with Crippen LogP contribution in [0, 0.1) is 0 Å². The second-order valence-corrected chi connectivity index (χ2v) is 7.48. The smallest absolute Gasteiger partial charge is 0.414 e. The quantitative estimate of drug-likeness (QED) is 0.535. The van der Waals surface area contributed by atoms with Crippen LogP contribution in [0.15, 0.2) is 12.7 Å². The SMILES string of the molecule is C=CCCCCCCC(=O)N1CCCC1C(=O)NC(=O)OC(C)(C)C. The van der Waals surface area contributed by atoms with Gasteiger partial charge in [-0.05, 0) is 52.9 Å². The average molecular weight is 352 g/mol. The molecule has 0 aromatic carbocycles. The second kappa shape index (κ2) is 10.2. The largest absolute Gasteiger partial charge is 0.444 e. The van der Waals surface area contributed by atoms with Crippen LogP contribution < -0.4 is 5.32 Å². The number of unbranched alkanes of at least 4 members (excludes halogenated alkanes) is 4. The zero-order valence-corrected chi connectivity index (χ0v) is 15.8. The molecule has 6 heteroatoms. The number of likely N-dealkylation sites (tertiary alicyclic amines) is 1. The number of carbonyl (C=O) groups is 3. The highest BCUT2D eigenvalue weighted by molar-refractivity contribution is 5.97. The lowest BCUT2D eigenvalue weighted by Crippen LogP contribution is -2.48. The van der Waals surface area contributed by atoms with Crippen LogP contribution in [-0.4, -0.2) is 41.0 Å². The minimum atomic E-state index is -0.765. The van der Waals surface area contributed by atoms with Gasteiger partial charge in [0.1, 0.15) is 11.6 Å². The number of ether oxygens (including phenoxy) is 1. The molecule has 0 radical (unpaired) electrons. The maximum absolute atomic E-state index is 12.4. The van der Waals surface area contributed by atoms with Crippen molar-refractivity contribution in [3.8, 4) is 0 Å². The monoisotopic (exact) mass is 352 g/mol. The zero-order chi connectivity index (χ0) is 18.9. The maximum atomic E-state index is 12.4. The average Bonchev–Trinajstić information content (AvgIpc) is 2.98. The highest BCUT2D eigenvalue weighted by Crippen LogP contribution is 2.20. The number of alkyl carbamates (subject to hydrolysis) is 1. The van der Waals surface area contributed by atoms with Gasteiger partial charge in [0.15, 0.2) is 0 Å². The predicted octanol–water partition coefficient (Wildman–Crippen LogP) is 3.56. The molecule has 1 atom stereocenters. The Balaban J connectivity index is 2.41. The molecule has 1 N–H and O–H groups in total. The topological polar surface area (TPSA) is 75.7 Å². The number of carbonyl (C=O) groups excluding carboxylic acids is 3. The molecule has 0 saturated carbocycles. The van der Waals surface area contributed by atoms with Crippen LogP contribution in [-0.2, 0) is 14.3 Å². The standard InChI is InChI=1S/C19H32N2O4/c1-5-6-7-8-9-10-13-16(22)21-14-11-12-15(21)17(23)20-18(24)25-19(2,3)4/h5,15H,1,6-14H2,2-4H3,(H,20,23,24). The number of rotatable bonds is 8. The van der Waals surface area contributed by atoms with Crippen LogP contribution in [0.25, 0.3) is 0 Å². The fourth-order valence-electron chi connectivity index (χ4n) is 2.89. The third kappa shape index (κ3) is 8.18. The summed E-state index contributed by atoms with van der Waals surface area (Å²) in [4.78, 5) is 38.0. The first kappa shape index (κ1) is 21.2. The van der Waals surface area contributed by atoms with E-state index in [1.807, 2.05) is 6.08 Å². The summed E-state index contributed by atoms with van der Waals surface area (Å²) in [5, 5.41) is 2.25. The summed E-state index contributed by atoms with van der Waals surface area (Å²) in [6, 6.07) is -0.569. The molecule has 25 heavy (non-hydrogen) atoms. The van der Waals surface area contributed by atoms with E-state index in [-0.39, 0.29) is 5.91 Å². The fraction of sp³-hybridized carbons (Fsp3) is 0.737. The highest BCUT2D eigenvalue weighted by atomic mass is 16.6. The van der Waals surface area contributed by atoms with Crippen LogP contribution in [0.3, 0.4) is 0 Å². The Hall–Kier alpha value is -1.85. The molecular formula is C19H32N2O4. The van der Waals surface area contributed by atoms with E-state index in [2.05, 4.69) is 11.9 Å². The van der Waals surface area contributed by atoms with E-state index in [0.717, 1.165) is 38.5 Å². The first-order valence-corrected chi connectivity index (χ1v) is 9.19. The second-order valence-electron chi connectivity index (χ2n) is 7.48. The molecular weight excluding hydrogens is 320 g/mol. The Bertz CT molecular complexity index is 482. The van der Waals surface area contributed by atoms with Gasteiger partial charge in [0, 0.05) is 13.0 Å². The normalized spacial score (nSPS) is 17.2. The molecule has 1 aliphatic heterocycles. The molecule has 0 aromatic rings. The number of nitrogens with zero attached hydrogens (tertiary/aromatic N) is 1. The third-order valence-corrected chi connectivity index (χ3v) is 4.05. The van der Waals surface area contributed by atoms with Gasteiger partial charge >= 0.3 is 6.09 Å². The van der Waals surface area contributed by atoms with E-state index < -0.39 is 23.6 Å². The first-order valence-electron chi connectivity index (χ1n) is 9.19. The van der Waals surface area contributed by atoms with Crippen LogP contribution in [0.5, 0.6) is 0 Å². The molecule has 1 rings (SSSR count). The van der Waals surface area contributed by atoms with Gasteiger partial charge in [-0.2, -0.15) is 0 Å². The number of allylic oxidation sites excluding steroid dienone is 1. The summed E-state index contributed by atoms with van der Waals surface area (Å²) >= 11 is 0. The molecule has 0 bridgehead atoms. The van der Waals surface area contributed by atoms with Crippen LogP contribution >= 0.6 is 0 Å². The molecule has 0 aromatic heterocycles. The van der Waals surface area contributed by atoms with Crippen molar-refractivity contribution in [2.75, 3.05) is 6.54 Å². The van der Waals surface area contributed by atoms with Gasteiger partial charge in [-0.25, -0.2) is 4.79 Å². The molecule has 1 unspecified atom stereocenters. The van der Waals surface area contributed by atoms with Crippen molar-refractivity contribution in [2.45, 2.75) is 83.8 Å². The lowest BCUT2D eigenvalue weighted by molar-refractivity contribution is -0.138. The maximum Gasteiger partial charge on any atom is 0.414 e. The molecule has 1 saturated heterocycles. The number of nitrogens with one attached hydrogen (secondary N) is 1. The molecule has 1 heterocycles. The Kier molecular flexibility index (Phi) is 8.66. The van der Waals surface area contributed by atoms with Crippen molar-refractivity contribution < 1.29 is 19.1 Å². The van der Waals surface area contributed by atoms with Gasteiger partial charge in [0.2, 0.25) is 5.91 Å². The molecule has 1 fully saturated rings. The lowest BCUT2D eigenvalue weighted by atomic mass is 10.1. The lowest BCUT2D eigenvalue weighted by Gasteiger charge is -2.25. The molecule has 142 valence electrons. The molecule has 0 aliphatic carbocycles. The summed E-state index contributed by atoms with van der Waals surface area (Å²) in [7, 11) is 0. The van der Waals surface area contributed by atoms with Gasteiger partial charge in [0.05, 0.1) is 0 Å². The van der Waals surface area contributed by atoms with Gasteiger partial charge in [-0.15, -0.1) is 6.58 Å². The van der Waals surface area contributed by atoms with Crippen molar-refractivity contribution in [3.05, 3.63) is 12.7 Å². The number of hydrogen-bond donors (Lipinski definition) is 1. The van der Waals surface area contributed by atoms with E-state index >= 15 is 0 Å². The Morgan fingerprint density at radius 1 is 1.20 bits per heavy atom. The van der Waals surface area contributed by atoms with Gasteiger partial charge in [0.25, 0.3) is 5.91 Å². The van der Waals surface area contributed by atoms with Gasteiger partial charge < -0.3 is 9.64 Å². The first-order chi connectivity index (χ1) is 11.7. The van der Waals surface area contributed by atoms with Crippen molar-refractivity contribution in [1.29, 1.82) is 0 Å². The van der Waals surface area contributed by atoms with E-state index in [1.54, 1.807) is 25.7 Å². The van der Waals surface area contributed by atoms with Gasteiger partial charge in [-0.3, -0.25) is 14.9 Å². The van der Waals surface area contributed by atoms with Crippen LogP contribution in [0.4, 0.5) is 4.79 Å². The van der Waals surface area contributed by atoms with E-state index in [4.69, 9.17) is 4.74 Å². The molecule has 3 amide bonds. The van der Waals surface area contributed by atoms with Crippen molar-refractivity contribution in [1.82, 2.24) is 10.2 Å². The molecule has 6 nitrogen and oxygen atoms in total. The summed E-state index contributed by atoms with van der Waals surface area (Å²) in [6.07, 6.45) is 7.97. The minimum Gasteiger partial charge on any atom is -0.444 e. The third-order valence-electron chi connectivity index (χ3n) is 4.05. The van der Waals surface area contributed by atoms with Gasteiger partial charge in [-0.1, -0.05) is 18.9 Å². The summed E-state index contributed by atoms with van der Waals surface area (Å²) in [5.41, 5.74) is -0.666. The molecule has 1 aliphatic rings. The Morgan fingerprint density at radius 3 is 2.52 bits per heavy atom. The Labute approximate surface area is 151 Å². The van der Waals surface area contributed by atoms with E-state index in [9.17, 15) is 14.4 Å². The van der Waals surface area contributed by atoms with Crippen LogP contribution in [0.2, 0.25) is 0 Å². The summed E-state index contributed by atoms with van der Waals surface area (Å²) in [6.45, 7) is 9.46.